The van der Waals surface area contributed by atoms with Crippen molar-refractivity contribution in [1.82, 2.24) is 0 Å². The molecule has 0 aliphatic carbocycles. The standard InChI is InChI=1S/C20H16O2/c1-13-6-8-14(9-7-13)20(21)15-10-11-17-16-4-2-3-5-18(16)22-19(17)12-15/h2-12,20-21H,1H3. The Hall–Kier alpha value is -2.58. The van der Waals surface area contributed by atoms with Gasteiger partial charge in [-0.15, -0.1) is 0 Å². The van der Waals surface area contributed by atoms with Crippen molar-refractivity contribution >= 4 is 21.9 Å². The summed E-state index contributed by atoms with van der Waals surface area (Å²) in [5, 5.41) is 12.8. The molecule has 1 aromatic heterocycles. The van der Waals surface area contributed by atoms with Crippen LogP contribution in [0, 0.1) is 6.92 Å². The smallest absolute Gasteiger partial charge is 0.135 e. The first kappa shape index (κ1) is 13.1. The molecule has 0 aliphatic rings. The molecule has 0 radical (unpaired) electrons. The van der Waals surface area contributed by atoms with Crippen LogP contribution >= 0.6 is 0 Å². The molecule has 0 spiro atoms. The molecule has 0 fully saturated rings. The van der Waals surface area contributed by atoms with Crippen LogP contribution in [0.25, 0.3) is 21.9 Å². The lowest BCUT2D eigenvalue weighted by Gasteiger charge is -2.11. The number of hydrogen-bond acceptors (Lipinski definition) is 2. The highest BCUT2D eigenvalue weighted by molar-refractivity contribution is 6.04. The number of hydrogen-bond donors (Lipinski definition) is 1. The van der Waals surface area contributed by atoms with E-state index in [1.807, 2.05) is 67.6 Å². The van der Waals surface area contributed by atoms with Crippen LogP contribution in [0.4, 0.5) is 0 Å². The summed E-state index contributed by atoms with van der Waals surface area (Å²) in [7, 11) is 0. The van der Waals surface area contributed by atoms with E-state index < -0.39 is 6.10 Å². The first-order valence-electron chi connectivity index (χ1n) is 7.38. The molecule has 0 saturated heterocycles. The predicted octanol–water partition coefficient (Wildman–Crippen LogP) is 4.98. The summed E-state index contributed by atoms with van der Waals surface area (Å²) in [5.74, 6) is 0. The average Bonchev–Trinajstić information content (AvgIpc) is 2.92. The fourth-order valence-corrected chi connectivity index (χ4v) is 2.85. The molecule has 2 nitrogen and oxygen atoms in total. The Balaban J connectivity index is 1.81. The molecule has 1 unspecified atom stereocenters. The monoisotopic (exact) mass is 288 g/mol. The van der Waals surface area contributed by atoms with Gasteiger partial charge in [0.05, 0.1) is 0 Å². The minimum atomic E-state index is -0.641. The SMILES string of the molecule is Cc1ccc(C(O)c2ccc3c(c2)oc2ccccc23)cc1. The van der Waals surface area contributed by atoms with E-state index >= 15 is 0 Å². The third-order valence-electron chi connectivity index (χ3n) is 4.11. The summed E-state index contributed by atoms with van der Waals surface area (Å²) >= 11 is 0. The summed E-state index contributed by atoms with van der Waals surface area (Å²) in [4.78, 5) is 0. The maximum Gasteiger partial charge on any atom is 0.135 e. The van der Waals surface area contributed by atoms with Crippen molar-refractivity contribution in [3.63, 3.8) is 0 Å². The predicted molar refractivity (Wildman–Crippen MR) is 89.0 cm³/mol. The number of aliphatic hydroxyl groups excluding tert-OH is 1. The molecule has 1 N–H and O–H groups in total. The van der Waals surface area contributed by atoms with Gasteiger partial charge in [-0.3, -0.25) is 0 Å². The molecule has 108 valence electrons. The fourth-order valence-electron chi connectivity index (χ4n) is 2.85. The van der Waals surface area contributed by atoms with Crippen molar-refractivity contribution in [3.8, 4) is 0 Å². The average molecular weight is 288 g/mol. The number of furan rings is 1. The molecule has 3 aromatic carbocycles. The van der Waals surface area contributed by atoms with Crippen LogP contribution in [0.1, 0.15) is 22.8 Å². The van der Waals surface area contributed by atoms with Gasteiger partial charge in [0.1, 0.15) is 17.3 Å². The first-order valence-corrected chi connectivity index (χ1v) is 7.38. The molecule has 0 amide bonds. The summed E-state index contributed by atoms with van der Waals surface area (Å²) in [6, 6.07) is 21.9. The number of aliphatic hydroxyl groups is 1. The van der Waals surface area contributed by atoms with Crippen LogP contribution in [-0.4, -0.2) is 5.11 Å². The maximum atomic E-state index is 10.6. The Morgan fingerprint density at radius 3 is 2.27 bits per heavy atom. The Morgan fingerprint density at radius 2 is 1.45 bits per heavy atom. The van der Waals surface area contributed by atoms with Gasteiger partial charge in [-0.25, -0.2) is 0 Å². The van der Waals surface area contributed by atoms with E-state index in [0.29, 0.717) is 0 Å². The molecule has 0 aliphatic heterocycles. The van der Waals surface area contributed by atoms with E-state index in [2.05, 4.69) is 6.07 Å². The van der Waals surface area contributed by atoms with Crippen LogP contribution < -0.4 is 0 Å². The lowest BCUT2D eigenvalue weighted by Crippen LogP contribution is -1.99. The summed E-state index contributed by atoms with van der Waals surface area (Å²) in [5.41, 5.74) is 4.60. The van der Waals surface area contributed by atoms with E-state index in [1.165, 1.54) is 5.56 Å². The summed E-state index contributed by atoms with van der Waals surface area (Å²) in [6.07, 6.45) is -0.641. The van der Waals surface area contributed by atoms with Crippen molar-refractivity contribution in [2.45, 2.75) is 13.0 Å². The fraction of sp³-hybridized carbons (Fsp3) is 0.100. The van der Waals surface area contributed by atoms with Crippen molar-refractivity contribution in [1.29, 1.82) is 0 Å². The van der Waals surface area contributed by atoms with E-state index in [-0.39, 0.29) is 0 Å². The second-order valence-corrected chi connectivity index (χ2v) is 5.67. The normalized spacial score (nSPS) is 12.8. The molecular weight excluding hydrogens is 272 g/mol. The lowest BCUT2D eigenvalue weighted by molar-refractivity contribution is 0.220. The Bertz CT molecular complexity index is 948. The Labute approximate surface area is 128 Å². The van der Waals surface area contributed by atoms with E-state index in [0.717, 1.165) is 33.1 Å². The summed E-state index contributed by atoms with van der Waals surface area (Å²) < 4.78 is 5.89. The number of para-hydroxylation sites is 1. The highest BCUT2D eigenvalue weighted by Gasteiger charge is 2.13. The topological polar surface area (TPSA) is 33.4 Å². The second-order valence-electron chi connectivity index (χ2n) is 5.67. The van der Waals surface area contributed by atoms with Crippen LogP contribution in [0.15, 0.2) is 71.1 Å². The molecule has 1 heterocycles. The third kappa shape index (κ3) is 2.09. The third-order valence-corrected chi connectivity index (χ3v) is 4.11. The van der Waals surface area contributed by atoms with Crippen molar-refractivity contribution < 1.29 is 9.52 Å². The highest BCUT2D eigenvalue weighted by Crippen LogP contribution is 2.32. The highest BCUT2D eigenvalue weighted by atomic mass is 16.3. The van der Waals surface area contributed by atoms with Crippen LogP contribution in [0.2, 0.25) is 0 Å². The van der Waals surface area contributed by atoms with Gasteiger partial charge < -0.3 is 9.52 Å². The Kier molecular flexibility index (Phi) is 2.98. The number of fused-ring (bicyclic) bond motifs is 3. The molecule has 4 rings (SSSR count). The molecular formula is C20H16O2. The first-order chi connectivity index (χ1) is 10.7. The zero-order chi connectivity index (χ0) is 15.1. The molecule has 1 atom stereocenters. The number of aryl methyl sites for hydroxylation is 1. The Morgan fingerprint density at radius 1 is 0.773 bits per heavy atom. The minimum absolute atomic E-state index is 0.641. The largest absolute Gasteiger partial charge is 0.456 e. The molecule has 0 bridgehead atoms. The van der Waals surface area contributed by atoms with Crippen LogP contribution in [-0.2, 0) is 0 Å². The van der Waals surface area contributed by atoms with Crippen molar-refractivity contribution in [2.24, 2.45) is 0 Å². The molecule has 0 saturated carbocycles. The van der Waals surface area contributed by atoms with Crippen molar-refractivity contribution in [2.75, 3.05) is 0 Å². The second kappa shape index (κ2) is 5.00. The number of benzene rings is 3. The van der Waals surface area contributed by atoms with Gasteiger partial charge in [0.25, 0.3) is 0 Å². The maximum absolute atomic E-state index is 10.6. The molecule has 22 heavy (non-hydrogen) atoms. The van der Waals surface area contributed by atoms with E-state index in [1.54, 1.807) is 0 Å². The van der Waals surface area contributed by atoms with E-state index in [4.69, 9.17) is 4.42 Å². The zero-order valence-corrected chi connectivity index (χ0v) is 12.3. The van der Waals surface area contributed by atoms with Gasteiger partial charge in [-0.1, -0.05) is 60.2 Å². The molecule has 4 aromatic rings. The van der Waals surface area contributed by atoms with Gasteiger partial charge in [0, 0.05) is 10.8 Å². The lowest BCUT2D eigenvalue weighted by atomic mass is 9.99. The van der Waals surface area contributed by atoms with Crippen LogP contribution in [0.5, 0.6) is 0 Å². The number of rotatable bonds is 2. The van der Waals surface area contributed by atoms with Gasteiger partial charge >= 0.3 is 0 Å². The van der Waals surface area contributed by atoms with E-state index in [9.17, 15) is 5.11 Å². The van der Waals surface area contributed by atoms with Gasteiger partial charge in [-0.2, -0.15) is 0 Å². The van der Waals surface area contributed by atoms with Crippen LogP contribution in [0.3, 0.4) is 0 Å². The van der Waals surface area contributed by atoms with Gasteiger partial charge in [-0.05, 0) is 30.2 Å². The zero-order valence-electron chi connectivity index (χ0n) is 12.3. The summed E-state index contributed by atoms with van der Waals surface area (Å²) in [6.45, 7) is 2.04. The van der Waals surface area contributed by atoms with Gasteiger partial charge in [0.15, 0.2) is 0 Å². The minimum Gasteiger partial charge on any atom is -0.456 e. The molecule has 2 heteroatoms. The van der Waals surface area contributed by atoms with Gasteiger partial charge in [0.2, 0.25) is 0 Å². The quantitative estimate of drug-likeness (QED) is 0.564. The van der Waals surface area contributed by atoms with Crippen molar-refractivity contribution in [3.05, 3.63) is 83.4 Å².